The van der Waals surface area contributed by atoms with Gasteiger partial charge in [-0.15, -0.1) is 0 Å². The Labute approximate surface area is 196 Å². The molecular weight excluding hydrogens is 431 g/mol. The molecule has 1 aliphatic heterocycles. The van der Waals surface area contributed by atoms with E-state index in [2.05, 4.69) is 21.1 Å². The van der Waals surface area contributed by atoms with Crippen LogP contribution in [0.1, 0.15) is 41.3 Å². The van der Waals surface area contributed by atoms with Crippen LogP contribution in [0.25, 0.3) is 17.8 Å². The largest absolute Gasteiger partial charge is 0.495 e. The Morgan fingerprint density at radius 1 is 1.21 bits per heavy atom. The first kappa shape index (κ1) is 21.6. The highest BCUT2D eigenvalue weighted by Crippen LogP contribution is 2.39. The lowest BCUT2D eigenvalue weighted by atomic mass is 9.75. The van der Waals surface area contributed by atoms with Gasteiger partial charge in [0.1, 0.15) is 17.0 Å². The standard InChI is InChI=1S/C26H23FN6O/c1-18-15-32(17-29-18)22-9-7-19(13-23(22)34-2)8-10-24-30-25-26(16-28,11-4-12-33(25)31-24)20-5-3-6-21(27)14-20/h3,5-10,13-15,17H,4,11-12H2,1-2H3/t26-/m1/s1. The third kappa shape index (κ3) is 3.75. The molecule has 2 aromatic carbocycles. The predicted molar refractivity (Wildman–Crippen MR) is 126 cm³/mol. The van der Waals surface area contributed by atoms with Crippen molar-refractivity contribution in [2.24, 2.45) is 0 Å². The van der Waals surface area contributed by atoms with Gasteiger partial charge in [0.25, 0.3) is 0 Å². The maximum Gasteiger partial charge on any atom is 0.174 e. The van der Waals surface area contributed by atoms with Gasteiger partial charge in [-0.25, -0.2) is 19.0 Å². The van der Waals surface area contributed by atoms with E-state index in [1.54, 1.807) is 30.3 Å². The number of aryl methyl sites for hydroxylation is 2. The topological polar surface area (TPSA) is 81.5 Å². The van der Waals surface area contributed by atoms with Crippen LogP contribution in [0.5, 0.6) is 5.75 Å². The molecule has 7 nitrogen and oxygen atoms in total. The normalized spacial score (nSPS) is 17.5. The van der Waals surface area contributed by atoms with Crippen LogP contribution in [0, 0.1) is 24.1 Å². The molecule has 0 saturated carbocycles. The van der Waals surface area contributed by atoms with Crippen molar-refractivity contribution in [3.8, 4) is 17.5 Å². The van der Waals surface area contributed by atoms with Crippen LogP contribution in [-0.4, -0.2) is 31.4 Å². The summed E-state index contributed by atoms with van der Waals surface area (Å²) in [6.45, 7) is 2.61. The third-order valence-electron chi connectivity index (χ3n) is 6.12. The molecule has 34 heavy (non-hydrogen) atoms. The minimum absolute atomic E-state index is 0.368. The molecule has 4 aromatic rings. The lowest BCUT2D eigenvalue weighted by Gasteiger charge is -2.30. The van der Waals surface area contributed by atoms with Gasteiger partial charge in [-0.2, -0.15) is 10.4 Å². The van der Waals surface area contributed by atoms with Gasteiger partial charge in [0, 0.05) is 12.7 Å². The molecule has 2 aromatic heterocycles. The number of methoxy groups -OCH3 is 1. The number of aromatic nitrogens is 5. The van der Waals surface area contributed by atoms with Gasteiger partial charge < -0.3 is 9.30 Å². The summed E-state index contributed by atoms with van der Waals surface area (Å²) in [5.41, 5.74) is 2.32. The smallest absolute Gasteiger partial charge is 0.174 e. The van der Waals surface area contributed by atoms with Gasteiger partial charge in [0.05, 0.1) is 30.9 Å². The fourth-order valence-corrected chi connectivity index (χ4v) is 4.44. The molecule has 0 unspecified atom stereocenters. The van der Waals surface area contributed by atoms with Crippen molar-refractivity contribution in [1.29, 1.82) is 5.26 Å². The average Bonchev–Trinajstić information content (AvgIpc) is 3.48. The zero-order valence-electron chi connectivity index (χ0n) is 18.9. The Bertz CT molecular complexity index is 1430. The molecule has 8 heteroatoms. The van der Waals surface area contributed by atoms with Crippen LogP contribution in [0.3, 0.4) is 0 Å². The van der Waals surface area contributed by atoms with E-state index in [-0.39, 0.29) is 5.82 Å². The van der Waals surface area contributed by atoms with Crippen molar-refractivity contribution in [3.63, 3.8) is 0 Å². The molecule has 0 saturated heterocycles. The molecule has 1 aliphatic rings. The minimum Gasteiger partial charge on any atom is -0.495 e. The monoisotopic (exact) mass is 454 g/mol. The molecule has 1 atom stereocenters. The Kier molecular flexibility index (Phi) is 5.46. The number of ether oxygens (including phenoxy) is 1. The fraction of sp³-hybridized carbons (Fsp3) is 0.231. The number of fused-ring (bicyclic) bond motifs is 1. The molecule has 3 heterocycles. The van der Waals surface area contributed by atoms with Gasteiger partial charge in [0.15, 0.2) is 11.6 Å². The van der Waals surface area contributed by atoms with Gasteiger partial charge >= 0.3 is 0 Å². The fourth-order valence-electron chi connectivity index (χ4n) is 4.44. The van der Waals surface area contributed by atoms with Crippen molar-refractivity contribution < 1.29 is 9.13 Å². The first-order chi connectivity index (χ1) is 16.5. The zero-order chi connectivity index (χ0) is 23.7. The number of halogens is 1. The van der Waals surface area contributed by atoms with Gasteiger partial charge in [0.2, 0.25) is 0 Å². The Morgan fingerprint density at radius 3 is 2.82 bits per heavy atom. The average molecular weight is 455 g/mol. The SMILES string of the molecule is COc1cc(C=Cc2nc3n(n2)CCC[C@@]3(C#N)c2cccc(F)c2)ccc1-n1cnc(C)c1. The highest BCUT2D eigenvalue weighted by atomic mass is 19.1. The van der Waals surface area contributed by atoms with Crippen LogP contribution < -0.4 is 4.74 Å². The predicted octanol–water partition coefficient (Wildman–Crippen LogP) is 4.69. The molecule has 5 rings (SSSR count). The van der Waals surface area contributed by atoms with E-state index in [1.165, 1.54) is 12.1 Å². The van der Waals surface area contributed by atoms with Crippen LogP contribution in [0.4, 0.5) is 4.39 Å². The van der Waals surface area contributed by atoms with E-state index >= 15 is 0 Å². The second kappa shape index (κ2) is 8.60. The number of imidazole rings is 1. The number of hydrogen-bond donors (Lipinski definition) is 0. The van der Waals surface area contributed by atoms with Gasteiger partial charge in [-0.1, -0.05) is 24.3 Å². The van der Waals surface area contributed by atoms with Crippen molar-refractivity contribution in [2.75, 3.05) is 7.11 Å². The van der Waals surface area contributed by atoms with Gasteiger partial charge in [-0.3, -0.25) is 0 Å². The summed E-state index contributed by atoms with van der Waals surface area (Å²) in [6.07, 6.45) is 8.74. The van der Waals surface area contributed by atoms with E-state index in [0.29, 0.717) is 35.9 Å². The molecule has 0 amide bonds. The molecule has 0 N–H and O–H groups in total. The molecule has 0 spiro atoms. The minimum atomic E-state index is -1.02. The zero-order valence-corrected chi connectivity index (χ0v) is 18.9. The van der Waals surface area contributed by atoms with E-state index in [0.717, 1.165) is 23.4 Å². The lowest BCUT2D eigenvalue weighted by Crippen LogP contribution is -2.34. The molecule has 0 radical (unpaired) electrons. The summed E-state index contributed by atoms with van der Waals surface area (Å²) in [7, 11) is 1.63. The maximum absolute atomic E-state index is 13.9. The van der Waals surface area contributed by atoms with Crippen molar-refractivity contribution in [2.45, 2.75) is 31.7 Å². The molecule has 0 fully saturated rings. The van der Waals surface area contributed by atoms with E-state index in [1.807, 2.05) is 48.0 Å². The number of nitrogens with zero attached hydrogens (tertiary/aromatic N) is 6. The van der Waals surface area contributed by atoms with Crippen LogP contribution in [-0.2, 0) is 12.0 Å². The van der Waals surface area contributed by atoms with Crippen molar-refractivity contribution in [1.82, 2.24) is 24.3 Å². The van der Waals surface area contributed by atoms with E-state index < -0.39 is 5.41 Å². The number of nitriles is 1. The summed E-state index contributed by atoms with van der Waals surface area (Å²) in [6, 6.07) is 14.5. The quantitative estimate of drug-likeness (QED) is 0.437. The highest BCUT2D eigenvalue weighted by Gasteiger charge is 2.42. The van der Waals surface area contributed by atoms with Crippen LogP contribution >= 0.6 is 0 Å². The Hall–Kier alpha value is -4.25. The summed E-state index contributed by atoms with van der Waals surface area (Å²) < 4.78 is 23.2. The van der Waals surface area contributed by atoms with E-state index in [4.69, 9.17) is 4.74 Å². The summed E-state index contributed by atoms with van der Waals surface area (Å²) in [4.78, 5) is 8.96. The Balaban J connectivity index is 1.47. The van der Waals surface area contributed by atoms with Crippen molar-refractivity contribution >= 4 is 12.2 Å². The lowest BCUT2D eigenvalue weighted by molar-refractivity contribution is 0.392. The highest BCUT2D eigenvalue weighted by molar-refractivity contribution is 5.69. The summed E-state index contributed by atoms with van der Waals surface area (Å²) >= 11 is 0. The number of rotatable bonds is 5. The number of benzene rings is 2. The van der Waals surface area contributed by atoms with Crippen molar-refractivity contribution in [3.05, 3.63) is 89.3 Å². The van der Waals surface area contributed by atoms with Crippen LogP contribution in [0.2, 0.25) is 0 Å². The Morgan fingerprint density at radius 2 is 2.09 bits per heavy atom. The summed E-state index contributed by atoms with van der Waals surface area (Å²) in [5.74, 6) is 1.40. The number of hydrogen-bond acceptors (Lipinski definition) is 5. The van der Waals surface area contributed by atoms with Crippen LogP contribution in [0.15, 0.2) is 55.0 Å². The second-order valence-corrected chi connectivity index (χ2v) is 8.33. The third-order valence-corrected chi connectivity index (χ3v) is 6.12. The molecule has 170 valence electrons. The summed E-state index contributed by atoms with van der Waals surface area (Å²) in [5, 5.41) is 14.7. The second-order valence-electron chi connectivity index (χ2n) is 8.33. The molecule has 0 bridgehead atoms. The molecule has 0 aliphatic carbocycles. The first-order valence-corrected chi connectivity index (χ1v) is 11.0. The van der Waals surface area contributed by atoms with Gasteiger partial charge in [-0.05, 0) is 61.2 Å². The first-order valence-electron chi connectivity index (χ1n) is 11.0. The molecular formula is C26H23FN6O. The van der Waals surface area contributed by atoms with E-state index in [9.17, 15) is 9.65 Å². The maximum atomic E-state index is 13.9.